The molecule has 2 aliphatic carbocycles. The number of thioether (sulfide) groups is 1. The Kier molecular flexibility index (Phi) is 6.11. The van der Waals surface area contributed by atoms with Crippen molar-refractivity contribution in [3.8, 4) is 6.07 Å². The molecule has 0 bridgehead atoms. The molecule has 4 rings (SSSR count). The number of hydrogen-bond donors (Lipinski definition) is 2. The zero-order chi connectivity index (χ0) is 20.4. The molecule has 0 radical (unpaired) electrons. The molecule has 1 fully saturated rings. The highest BCUT2D eigenvalue weighted by Crippen LogP contribution is 2.39. The summed E-state index contributed by atoms with van der Waals surface area (Å²) in [5.74, 6) is 8.04. The van der Waals surface area contributed by atoms with Gasteiger partial charge in [0.25, 0.3) is 0 Å². The van der Waals surface area contributed by atoms with Gasteiger partial charge in [-0.1, -0.05) is 37.9 Å². The maximum atomic E-state index is 12.5. The highest BCUT2D eigenvalue weighted by molar-refractivity contribution is 7.99. The van der Waals surface area contributed by atoms with Gasteiger partial charge in [-0.05, 0) is 43.6 Å². The summed E-state index contributed by atoms with van der Waals surface area (Å²) in [4.78, 5) is 13.8. The van der Waals surface area contributed by atoms with Gasteiger partial charge in [-0.3, -0.25) is 4.79 Å². The Labute approximate surface area is 179 Å². The number of anilines is 1. The van der Waals surface area contributed by atoms with E-state index in [4.69, 9.17) is 5.84 Å². The Hall–Kier alpha value is -2.05. The predicted octanol–water partition coefficient (Wildman–Crippen LogP) is 3.83. The average molecular weight is 431 g/mol. The smallest absolute Gasteiger partial charge is 0.235 e. The molecule has 0 aromatic carbocycles. The summed E-state index contributed by atoms with van der Waals surface area (Å²) in [6.45, 7) is 2.23. The first-order chi connectivity index (χ1) is 14.1. The Bertz CT molecular complexity index is 938. The van der Waals surface area contributed by atoms with Crippen LogP contribution in [0.15, 0.2) is 5.16 Å². The van der Waals surface area contributed by atoms with E-state index in [1.54, 1.807) is 16.0 Å². The van der Waals surface area contributed by atoms with Crippen LogP contribution < -0.4 is 11.2 Å². The van der Waals surface area contributed by atoms with Gasteiger partial charge in [-0.2, -0.15) is 5.26 Å². The second kappa shape index (κ2) is 8.76. The van der Waals surface area contributed by atoms with Gasteiger partial charge in [-0.25, -0.2) is 4.68 Å². The van der Waals surface area contributed by atoms with E-state index >= 15 is 0 Å². The summed E-state index contributed by atoms with van der Waals surface area (Å²) >= 11 is 2.83. The number of nitrogens with zero attached hydrogens (tertiary/aromatic N) is 4. The molecule has 2 aromatic heterocycles. The van der Waals surface area contributed by atoms with Crippen molar-refractivity contribution in [2.45, 2.75) is 69.4 Å². The Morgan fingerprint density at radius 2 is 2.14 bits per heavy atom. The molecule has 1 saturated carbocycles. The van der Waals surface area contributed by atoms with Crippen LogP contribution in [0.5, 0.6) is 0 Å². The molecule has 29 heavy (non-hydrogen) atoms. The molecule has 154 valence electrons. The van der Waals surface area contributed by atoms with E-state index in [9.17, 15) is 10.1 Å². The van der Waals surface area contributed by atoms with Gasteiger partial charge in [0, 0.05) is 10.8 Å². The lowest BCUT2D eigenvalue weighted by Crippen LogP contribution is -2.19. The van der Waals surface area contributed by atoms with Crippen molar-refractivity contribution in [3.63, 3.8) is 0 Å². The quantitative estimate of drug-likeness (QED) is 0.551. The van der Waals surface area contributed by atoms with E-state index in [2.05, 4.69) is 28.5 Å². The van der Waals surface area contributed by atoms with Crippen LogP contribution in [-0.2, 0) is 17.6 Å². The number of thiophene rings is 1. The molecule has 2 heterocycles. The van der Waals surface area contributed by atoms with E-state index in [0.29, 0.717) is 27.6 Å². The normalized spacial score (nSPS) is 19.5. The molecule has 0 unspecified atom stereocenters. The summed E-state index contributed by atoms with van der Waals surface area (Å²) in [6.07, 6.45) is 8.86. The maximum absolute atomic E-state index is 12.5. The number of hydrogen-bond acceptors (Lipinski definition) is 7. The second-order valence-electron chi connectivity index (χ2n) is 8.05. The lowest BCUT2D eigenvalue weighted by molar-refractivity contribution is -0.113. The van der Waals surface area contributed by atoms with Crippen molar-refractivity contribution in [2.24, 2.45) is 5.92 Å². The lowest BCUT2D eigenvalue weighted by atomic mass is 9.89. The summed E-state index contributed by atoms with van der Waals surface area (Å²) in [5.41, 5.74) is 1.76. The summed E-state index contributed by atoms with van der Waals surface area (Å²) in [6, 6.07) is 2.29. The minimum Gasteiger partial charge on any atom is -0.336 e. The van der Waals surface area contributed by atoms with Crippen LogP contribution in [0.3, 0.4) is 0 Å². The van der Waals surface area contributed by atoms with Gasteiger partial charge in [0.15, 0.2) is 5.82 Å². The minimum atomic E-state index is -0.152. The Morgan fingerprint density at radius 1 is 1.34 bits per heavy atom. The minimum absolute atomic E-state index is 0.152. The van der Waals surface area contributed by atoms with Crippen molar-refractivity contribution >= 4 is 34.0 Å². The third kappa shape index (κ3) is 4.28. The molecule has 0 spiro atoms. The molecule has 2 aliphatic rings. The van der Waals surface area contributed by atoms with Crippen LogP contribution in [0.2, 0.25) is 0 Å². The fourth-order valence-electron chi connectivity index (χ4n) is 4.28. The molecular formula is C20H26N6OS2. The third-order valence-corrected chi connectivity index (χ3v) is 7.98. The highest BCUT2D eigenvalue weighted by atomic mass is 32.2. The molecule has 7 nitrogen and oxygen atoms in total. The monoisotopic (exact) mass is 430 g/mol. The van der Waals surface area contributed by atoms with Crippen LogP contribution >= 0.6 is 23.1 Å². The molecule has 1 atom stereocenters. The molecule has 2 aromatic rings. The number of nitrogens with one attached hydrogen (secondary N) is 1. The Morgan fingerprint density at radius 3 is 2.90 bits per heavy atom. The van der Waals surface area contributed by atoms with Gasteiger partial charge in [-0.15, -0.1) is 21.5 Å². The number of carbonyl (C=O) groups is 1. The fourth-order valence-corrected chi connectivity index (χ4v) is 6.32. The predicted molar refractivity (Wildman–Crippen MR) is 116 cm³/mol. The summed E-state index contributed by atoms with van der Waals surface area (Å²) in [5, 5.41) is 22.2. The first-order valence-electron chi connectivity index (χ1n) is 10.2. The zero-order valence-corrected chi connectivity index (χ0v) is 18.2. The number of carbonyl (C=O) groups excluding carboxylic acids is 1. The number of nitriles is 1. The molecule has 3 N–H and O–H groups in total. The molecule has 9 heteroatoms. The van der Waals surface area contributed by atoms with E-state index in [0.717, 1.165) is 43.5 Å². The lowest BCUT2D eigenvalue weighted by Gasteiger charge is -2.20. The number of fused-ring (bicyclic) bond motifs is 1. The summed E-state index contributed by atoms with van der Waals surface area (Å²) < 4.78 is 1.54. The van der Waals surface area contributed by atoms with Crippen molar-refractivity contribution in [1.29, 1.82) is 5.26 Å². The van der Waals surface area contributed by atoms with Crippen LogP contribution in [0, 0.1) is 17.2 Å². The average Bonchev–Trinajstić information content (AvgIpc) is 3.26. The largest absolute Gasteiger partial charge is 0.336 e. The number of nitrogens with two attached hydrogens (primary N) is 1. The fraction of sp³-hybridized carbons (Fsp3) is 0.600. The van der Waals surface area contributed by atoms with Crippen molar-refractivity contribution in [2.75, 3.05) is 16.9 Å². The molecule has 0 saturated heterocycles. The highest BCUT2D eigenvalue weighted by Gasteiger charge is 2.25. The standard InChI is InChI=1S/C20H26N6OS2/c1-12-7-8-14-15(10-21)19(29-16(14)9-12)23-17(27)11-28-20-25-24-18(26(20)22)13-5-3-2-4-6-13/h12-13H,2-9,11,22H2,1H3,(H,23,27)/t12-/m0/s1. The van der Waals surface area contributed by atoms with E-state index in [-0.39, 0.29) is 11.7 Å². The first kappa shape index (κ1) is 20.2. The topological polar surface area (TPSA) is 110 Å². The van der Waals surface area contributed by atoms with Gasteiger partial charge >= 0.3 is 0 Å². The van der Waals surface area contributed by atoms with E-state index in [1.807, 2.05) is 0 Å². The van der Waals surface area contributed by atoms with Crippen LogP contribution in [0.1, 0.15) is 73.2 Å². The zero-order valence-electron chi connectivity index (χ0n) is 16.6. The number of rotatable bonds is 5. The van der Waals surface area contributed by atoms with Crippen LogP contribution in [0.4, 0.5) is 5.00 Å². The van der Waals surface area contributed by atoms with E-state index in [1.165, 1.54) is 35.9 Å². The number of nitrogen functional groups attached to an aromatic ring is 1. The molecule has 1 amide bonds. The second-order valence-corrected chi connectivity index (χ2v) is 10.1. The van der Waals surface area contributed by atoms with E-state index < -0.39 is 0 Å². The molecular weight excluding hydrogens is 404 g/mol. The summed E-state index contributed by atoms with van der Waals surface area (Å²) in [7, 11) is 0. The number of amides is 1. The Balaban J connectivity index is 1.39. The SMILES string of the molecule is C[C@H]1CCc2c(sc(NC(=O)CSc3nnc(C4CCCCC4)n3N)c2C#N)C1. The molecule has 0 aliphatic heterocycles. The van der Waals surface area contributed by atoms with Gasteiger partial charge in [0.1, 0.15) is 11.1 Å². The van der Waals surface area contributed by atoms with Crippen molar-refractivity contribution < 1.29 is 4.79 Å². The van der Waals surface area contributed by atoms with Crippen LogP contribution in [-0.4, -0.2) is 26.5 Å². The maximum Gasteiger partial charge on any atom is 0.235 e. The van der Waals surface area contributed by atoms with Gasteiger partial charge in [0.05, 0.1) is 11.3 Å². The number of aromatic nitrogens is 3. The van der Waals surface area contributed by atoms with Gasteiger partial charge in [0.2, 0.25) is 11.1 Å². The van der Waals surface area contributed by atoms with Crippen LogP contribution in [0.25, 0.3) is 0 Å². The first-order valence-corrected chi connectivity index (χ1v) is 12.0. The van der Waals surface area contributed by atoms with Gasteiger partial charge < -0.3 is 11.2 Å². The van der Waals surface area contributed by atoms with Crippen molar-refractivity contribution in [1.82, 2.24) is 14.9 Å². The third-order valence-electron chi connectivity index (χ3n) is 5.87. The van der Waals surface area contributed by atoms with Crippen molar-refractivity contribution in [3.05, 3.63) is 21.8 Å².